The number of carbonyl (C=O) groups excluding carboxylic acids is 2. The van der Waals surface area contributed by atoms with Crippen molar-refractivity contribution in [3.63, 3.8) is 0 Å². The highest BCUT2D eigenvalue weighted by Gasteiger charge is 2.34. The molecule has 5 heteroatoms. The molecule has 1 heterocycles. The van der Waals surface area contributed by atoms with E-state index in [0.29, 0.717) is 11.1 Å². The van der Waals surface area contributed by atoms with E-state index < -0.39 is 0 Å². The van der Waals surface area contributed by atoms with Crippen LogP contribution in [0.3, 0.4) is 0 Å². The lowest BCUT2D eigenvalue weighted by Crippen LogP contribution is -2.34. The summed E-state index contributed by atoms with van der Waals surface area (Å²) in [6.45, 7) is 0.177. The molecule has 4 nitrogen and oxygen atoms in total. The number of amides is 2. The second-order valence-electron chi connectivity index (χ2n) is 4.28. The van der Waals surface area contributed by atoms with E-state index in [2.05, 4.69) is 5.32 Å². The Kier molecular flexibility index (Phi) is 4.05. The van der Waals surface area contributed by atoms with Crippen LogP contribution in [0.25, 0.3) is 0 Å². The van der Waals surface area contributed by atoms with E-state index in [9.17, 15) is 9.59 Å². The maximum absolute atomic E-state index is 12.1. The number of fused-ring (bicyclic) bond motifs is 1. The minimum atomic E-state index is -0.246. The molecule has 0 atom stereocenters. The highest BCUT2D eigenvalue weighted by molar-refractivity contribution is 6.21. The van der Waals surface area contributed by atoms with Crippen molar-refractivity contribution in [2.75, 3.05) is 12.0 Å². The molecule has 2 amide bonds. The van der Waals surface area contributed by atoms with Crippen molar-refractivity contribution in [2.24, 2.45) is 0 Å². The number of nitrogens with zero attached hydrogens (tertiary/aromatic N) is 1. The molecule has 20 heavy (non-hydrogen) atoms. The summed E-state index contributed by atoms with van der Waals surface area (Å²) in [4.78, 5) is 25.4. The van der Waals surface area contributed by atoms with Gasteiger partial charge in [-0.25, -0.2) is 0 Å². The molecule has 0 saturated carbocycles. The summed E-state index contributed by atoms with van der Waals surface area (Å²) in [7, 11) is 0. The Morgan fingerprint density at radius 2 is 1.30 bits per heavy atom. The molecular formula is C15H13ClN2O2. The fourth-order valence-electron chi connectivity index (χ4n) is 2.11. The molecule has 102 valence electrons. The van der Waals surface area contributed by atoms with Gasteiger partial charge in [-0.05, 0) is 24.3 Å². The quantitative estimate of drug-likeness (QED) is 0.884. The Labute approximate surface area is 122 Å². The highest BCUT2D eigenvalue weighted by Crippen LogP contribution is 2.22. The lowest BCUT2D eigenvalue weighted by atomic mass is 10.1. The number of hydrogen-bond acceptors (Lipinski definition) is 3. The van der Waals surface area contributed by atoms with Gasteiger partial charge in [0.05, 0.1) is 17.8 Å². The number of halogens is 1. The molecule has 2 aromatic carbocycles. The smallest absolute Gasteiger partial charge is 0.263 e. The van der Waals surface area contributed by atoms with E-state index in [1.54, 1.807) is 24.3 Å². The Morgan fingerprint density at radius 3 is 1.85 bits per heavy atom. The van der Waals surface area contributed by atoms with Gasteiger partial charge in [-0.3, -0.25) is 14.5 Å². The van der Waals surface area contributed by atoms with Gasteiger partial charge in [-0.1, -0.05) is 30.3 Å². The summed E-state index contributed by atoms with van der Waals surface area (Å²) in [6, 6.07) is 16.4. The van der Waals surface area contributed by atoms with Gasteiger partial charge in [0.25, 0.3) is 11.8 Å². The van der Waals surface area contributed by atoms with Crippen LogP contribution in [0.2, 0.25) is 0 Å². The standard InChI is InChI=1S/C15H12N2O2.ClH/c18-14-12-8-4-5-9-13(12)15(19)17(14)10-16-11-6-2-1-3-7-11;/h1-9,16H,10H2;1H. The van der Waals surface area contributed by atoms with E-state index in [4.69, 9.17) is 0 Å². The largest absolute Gasteiger partial charge is 0.367 e. The molecule has 2 aromatic rings. The van der Waals surface area contributed by atoms with Crippen molar-refractivity contribution >= 4 is 29.9 Å². The molecule has 3 rings (SSSR count). The Hall–Kier alpha value is -2.33. The Bertz CT molecular complexity index is 608. The van der Waals surface area contributed by atoms with Gasteiger partial charge >= 0.3 is 0 Å². The normalized spacial score (nSPS) is 12.9. The third-order valence-corrected chi connectivity index (χ3v) is 3.09. The van der Waals surface area contributed by atoms with Crippen molar-refractivity contribution in [2.45, 2.75) is 0 Å². The van der Waals surface area contributed by atoms with Gasteiger partial charge in [-0.2, -0.15) is 0 Å². The van der Waals surface area contributed by atoms with E-state index in [1.165, 1.54) is 4.90 Å². The van der Waals surface area contributed by atoms with Gasteiger partial charge in [0.2, 0.25) is 0 Å². The molecule has 1 aliphatic rings. The van der Waals surface area contributed by atoms with Crippen LogP contribution in [0.1, 0.15) is 20.7 Å². The molecule has 0 aliphatic carbocycles. The van der Waals surface area contributed by atoms with Crippen molar-refractivity contribution < 1.29 is 9.59 Å². The average Bonchev–Trinajstić information content (AvgIpc) is 2.71. The highest BCUT2D eigenvalue weighted by atomic mass is 35.5. The number of carbonyl (C=O) groups is 2. The first-order valence-corrected chi connectivity index (χ1v) is 6.01. The third-order valence-electron chi connectivity index (χ3n) is 3.09. The molecule has 0 spiro atoms. The fraction of sp³-hybridized carbons (Fsp3) is 0.0667. The molecule has 0 bridgehead atoms. The van der Waals surface area contributed by atoms with Crippen LogP contribution in [0.15, 0.2) is 54.6 Å². The predicted octanol–water partition coefficient (Wildman–Crippen LogP) is 2.77. The van der Waals surface area contributed by atoms with Crippen molar-refractivity contribution in [1.29, 1.82) is 0 Å². The summed E-state index contributed by atoms with van der Waals surface area (Å²) in [5.41, 5.74) is 1.82. The van der Waals surface area contributed by atoms with Gasteiger partial charge in [-0.15, -0.1) is 12.4 Å². The first-order chi connectivity index (χ1) is 9.27. The minimum Gasteiger partial charge on any atom is -0.367 e. The molecule has 0 aromatic heterocycles. The van der Waals surface area contributed by atoms with Gasteiger partial charge in [0, 0.05) is 5.69 Å². The zero-order valence-electron chi connectivity index (χ0n) is 10.6. The van der Waals surface area contributed by atoms with E-state index in [0.717, 1.165) is 5.69 Å². The lowest BCUT2D eigenvalue weighted by Gasteiger charge is -2.15. The zero-order valence-corrected chi connectivity index (χ0v) is 11.4. The van der Waals surface area contributed by atoms with Crippen molar-refractivity contribution in [3.05, 3.63) is 65.7 Å². The van der Waals surface area contributed by atoms with Gasteiger partial charge < -0.3 is 5.32 Å². The number of hydrogen-bond donors (Lipinski definition) is 1. The Morgan fingerprint density at radius 1 is 0.800 bits per heavy atom. The van der Waals surface area contributed by atoms with Crippen molar-refractivity contribution in [1.82, 2.24) is 4.90 Å². The maximum atomic E-state index is 12.1. The van der Waals surface area contributed by atoms with Gasteiger partial charge in [0.15, 0.2) is 0 Å². The summed E-state index contributed by atoms with van der Waals surface area (Å²) >= 11 is 0. The summed E-state index contributed by atoms with van der Waals surface area (Å²) in [6.07, 6.45) is 0. The summed E-state index contributed by atoms with van der Waals surface area (Å²) < 4.78 is 0. The fourth-order valence-corrected chi connectivity index (χ4v) is 2.11. The van der Waals surface area contributed by atoms with Crippen LogP contribution in [-0.2, 0) is 0 Å². The number of anilines is 1. The lowest BCUT2D eigenvalue weighted by molar-refractivity contribution is 0.0666. The van der Waals surface area contributed by atoms with Crippen LogP contribution in [0.5, 0.6) is 0 Å². The van der Waals surface area contributed by atoms with Crippen LogP contribution < -0.4 is 5.32 Å². The predicted molar refractivity (Wildman–Crippen MR) is 79.1 cm³/mol. The Balaban J connectivity index is 0.00000147. The molecular weight excluding hydrogens is 276 g/mol. The SMILES string of the molecule is Cl.O=C1c2ccccc2C(=O)N1CNc1ccccc1. The molecule has 0 fully saturated rings. The minimum absolute atomic E-state index is 0. The molecule has 1 N–H and O–H groups in total. The second kappa shape index (κ2) is 5.75. The molecule has 0 saturated heterocycles. The van der Waals surface area contributed by atoms with Crippen LogP contribution in [0, 0.1) is 0 Å². The number of rotatable bonds is 3. The van der Waals surface area contributed by atoms with E-state index >= 15 is 0 Å². The van der Waals surface area contributed by atoms with Crippen molar-refractivity contribution in [3.8, 4) is 0 Å². The van der Waals surface area contributed by atoms with Crippen LogP contribution >= 0.6 is 12.4 Å². The number of imide groups is 1. The van der Waals surface area contributed by atoms with E-state index in [-0.39, 0.29) is 30.9 Å². The summed E-state index contributed by atoms with van der Waals surface area (Å²) in [5.74, 6) is -0.493. The van der Waals surface area contributed by atoms with Crippen LogP contribution in [-0.4, -0.2) is 23.4 Å². The topological polar surface area (TPSA) is 49.4 Å². The maximum Gasteiger partial charge on any atom is 0.263 e. The first-order valence-electron chi connectivity index (χ1n) is 6.01. The average molecular weight is 289 g/mol. The molecule has 1 aliphatic heterocycles. The summed E-state index contributed by atoms with van der Waals surface area (Å²) in [5, 5.41) is 3.07. The van der Waals surface area contributed by atoms with Crippen LogP contribution in [0.4, 0.5) is 5.69 Å². The second-order valence-corrected chi connectivity index (χ2v) is 4.28. The zero-order chi connectivity index (χ0) is 13.2. The number of para-hydroxylation sites is 1. The number of benzene rings is 2. The molecule has 0 unspecified atom stereocenters. The van der Waals surface area contributed by atoms with Gasteiger partial charge in [0.1, 0.15) is 0 Å². The first kappa shape index (κ1) is 14.1. The monoisotopic (exact) mass is 288 g/mol. The molecule has 0 radical (unpaired) electrons. The number of nitrogens with one attached hydrogen (secondary N) is 1. The third kappa shape index (κ3) is 2.38. The van der Waals surface area contributed by atoms with E-state index in [1.807, 2.05) is 30.3 Å².